The van der Waals surface area contributed by atoms with Crippen molar-refractivity contribution in [2.75, 3.05) is 19.8 Å². The third kappa shape index (κ3) is 5.63. The minimum Gasteiger partial charge on any atom is -0.394 e. The molecule has 0 aliphatic heterocycles. The number of hydrogen-bond donors (Lipinski definition) is 4. The van der Waals surface area contributed by atoms with Gasteiger partial charge in [-0.15, -0.1) is 0 Å². The molecule has 0 saturated heterocycles. The Labute approximate surface area is 199 Å². The molecule has 3 aromatic rings. The minimum atomic E-state index is -0.709. The van der Waals surface area contributed by atoms with E-state index >= 15 is 0 Å². The molecule has 1 aliphatic rings. The van der Waals surface area contributed by atoms with Crippen LogP contribution in [0.1, 0.15) is 48.4 Å². The Balaban J connectivity index is 1.38. The maximum atomic E-state index is 9.87. The number of nitrogens with zero attached hydrogens (tertiary/aromatic N) is 2. The summed E-state index contributed by atoms with van der Waals surface area (Å²) in [7, 11) is 0. The molecule has 0 amide bonds. The number of aromatic nitrogens is 2. The van der Waals surface area contributed by atoms with Crippen LogP contribution in [0.15, 0.2) is 67.0 Å². The summed E-state index contributed by atoms with van der Waals surface area (Å²) in [5.74, 6) is 0.833. The Kier molecular flexibility index (Phi) is 7.92. The molecule has 2 aromatic carbocycles. The smallest absolute Gasteiger partial charge is 0.137 e. The zero-order valence-corrected chi connectivity index (χ0v) is 19.2. The van der Waals surface area contributed by atoms with E-state index in [4.69, 9.17) is 4.74 Å². The quantitative estimate of drug-likeness (QED) is 0.347. The number of rotatable bonds is 11. The summed E-state index contributed by atoms with van der Waals surface area (Å²) in [6.07, 6.45) is 6.99. The summed E-state index contributed by atoms with van der Waals surface area (Å²) in [6.45, 7) is 1.22. The molecular formula is C27H32N2O5. The fourth-order valence-electron chi connectivity index (χ4n) is 4.17. The normalized spacial score (nSPS) is 19.6. The molecule has 4 rings (SSSR count). The molecule has 34 heavy (non-hydrogen) atoms. The number of benzene rings is 2. The van der Waals surface area contributed by atoms with Gasteiger partial charge < -0.3 is 29.7 Å². The Morgan fingerprint density at radius 1 is 1.00 bits per heavy atom. The van der Waals surface area contributed by atoms with Crippen LogP contribution in [0.25, 0.3) is 17.2 Å². The summed E-state index contributed by atoms with van der Waals surface area (Å²) < 4.78 is 7.48. The van der Waals surface area contributed by atoms with Crippen molar-refractivity contribution in [1.29, 1.82) is 0 Å². The Hall–Kier alpha value is -2.81. The molecule has 1 aromatic heterocycles. The van der Waals surface area contributed by atoms with Gasteiger partial charge >= 0.3 is 0 Å². The Bertz CT molecular complexity index is 1070. The van der Waals surface area contributed by atoms with E-state index in [1.54, 1.807) is 23.9 Å². The monoisotopic (exact) mass is 464 g/mol. The highest BCUT2D eigenvalue weighted by molar-refractivity contribution is 5.66. The van der Waals surface area contributed by atoms with Crippen molar-refractivity contribution in [3.05, 3.63) is 84.0 Å². The molecule has 1 fully saturated rings. The van der Waals surface area contributed by atoms with Crippen LogP contribution in [0.3, 0.4) is 0 Å². The van der Waals surface area contributed by atoms with Crippen molar-refractivity contribution < 1.29 is 25.2 Å². The SMILES string of the molecule is C[C@H](O)c1nccn1C(/C=C/c1ccc(-c2ccc(C3CC3OC(CO)CO)cc2)cc1)CO. The standard InChI is InChI=1S/C27H32N2O5/c1-18(33)27-28-12-13-29(27)23(15-30)11-4-19-2-5-20(6-3-19)21-7-9-22(10-8-21)25-14-26(25)34-24(16-31)17-32/h2-13,18,23-26,30-33H,14-17H2,1H3/b11-4+/t18-,23?,25?,26?/m0/s1. The lowest BCUT2D eigenvalue weighted by atomic mass is 10.0. The van der Waals surface area contributed by atoms with Crippen molar-refractivity contribution in [2.45, 2.75) is 43.6 Å². The molecule has 0 bridgehead atoms. The molecule has 180 valence electrons. The van der Waals surface area contributed by atoms with Gasteiger partial charge in [0, 0.05) is 18.3 Å². The lowest BCUT2D eigenvalue weighted by Crippen LogP contribution is -2.23. The van der Waals surface area contributed by atoms with E-state index in [1.807, 2.05) is 24.3 Å². The van der Waals surface area contributed by atoms with Crippen LogP contribution in [-0.2, 0) is 4.74 Å². The highest BCUT2D eigenvalue weighted by Crippen LogP contribution is 2.44. The molecule has 1 heterocycles. The van der Waals surface area contributed by atoms with E-state index in [1.165, 1.54) is 5.56 Å². The van der Waals surface area contributed by atoms with Gasteiger partial charge in [-0.05, 0) is 35.6 Å². The van der Waals surface area contributed by atoms with Gasteiger partial charge in [-0.25, -0.2) is 4.98 Å². The van der Waals surface area contributed by atoms with Crippen molar-refractivity contribution in [2.24, 2.45) is 0 Å². The highest BCUT2D eigenvalue weighted by atomic mass is 16.5. The van der Waals surface area contributed by atoms with Gasteiger partial charge in [0.25, 0.3) is 0 Å². The second kappa shape index (κ2) is 11.1. The minimum absolute atomic E-state index is 0.0583. The zero-order valence-electron chi connectivity index (χ0n) is 19.2. The first-order chi connectivity index (χ1) is 16.5. The van der Waals surface area contributed by atoms with Crippen LogP contribution >= 0.6 is 0 Å². The van der Waals surface area contributed by atoms with E-state index in [-0.39, 0.29) is 32.0 Å². The zero-order chi connectivity index (χ0) is 24.1. The van der Waals surface area contributed by atoms with Gasteiger partial charge in [-0.3, -0.25) is 0 Å². The van der Waals surface area contributed by atoms with Crippen LogP contribution in [-0.4, -0.2) is 62.0 Å². The van der Waals surface area contributed by atoms with Crippen LogP contribution < -0.4 is 0 Å². The Morgan fingerprint density at radius 3 is 2.24 bits per heavy atom. The highest BCUT2D eigenvalue weighted by Gasteiger charge is 2.40. The van der Waals surface area contributed by atoms with Crippen molar-refractivity contribution in [3.8, 4) is 11.1 Å². The molecule has 3 unspecified atom stereocenters. The van der Waals surface area contributed by atoms with E-state index < -0.39 is 12.2 Å². The number of aliphatic hydroxyl groups is 4. The van der Waals surface area contributed by atoms with Gasteiger partial charge in [0.05, 0.1) is 32.0 Å². The average Bonchev–Trinajstić information content (AvgIpc) is 3.46. The Morgan fingerprint density at radius 2 is 1.65 bits per heavy atom. The molecule has 7 heteroatoms. The molecule has 4 atom stereocenters. The molecule has 7 nitrogen and oxygen atoms in total. The lowest BCUT2D eigenvalue weighted by molar-refractivity contribution is -0.0305. The second-order valence-electron chi connectivity index (χ2n) is 8.73. The van der Waals surface area contributed by atoms with E-state index in [2.05, 4.69) is 41.4 Å². The third-order valence-corrected chi connectivity index (χ3v) is 6.22. The molecule has 0 radical (unpaired) electrons. The molecule has 1 aliphatic carbocycles. The predicted octanol–water partition coefficient (Wildman–Crippen LogP) is 3.08. The first-order valence-electron chi connectivity index (χ1n) is 11.6. The van der Waals surface area contributed by atoms with E-state index in [0.29, 0.717) is 11.7 Å². The fraction of sp³-hybridized carbons (Fsp3) is 0.370. The van der Waals surface area contributed by atoms with Crippen LogP contribution in [0.2, 0.25) is 0 Å². The number of aliphatic hydroxyl groups excluding tert-OH is 4. The van der Waals surface area contributed by atoms with Crippen molar-refractivity contribution in [1.82, 2.24) is 9.55 Å². The summed E-state index contributed by atoms with van der Waals surface area (Å²) >= 11 is 0. The summed E-state index contributed by atoms with van der Waals surface area (Å²) in [5, 5.41) is 38.0. The number of hydrogen-bond acceptors (Lipinski definition) is 6. The first kappa shape index (κ1) is 24.3. The van der Waals surface area contributed by atoms with Crippen LogP contribution in [0, 0.1) is 0 Å². The fourth-order valence-corrected chi connectivity index (χ4v) is 4.17. The topological polar surface area (TPSA) is 108 Å². The second-order valence-corrected chi connectivity index (χ2v) is 8.73. The van der Waals surface area contributed by atoms with Crippen LogP contribution in [0.4, 0.5) is 0 Å². The van der Waals surface area contributed by atoms with Gasteiger partial charge in [-0.2, -0.15) is 0 Å². The summed E-state index contributed by atoms with van der Waals surface area (Å²) in [6, 6.07) is 16.3. The van der Waals surface area contributed by atoms with Gasteiger partial charge in [0.15, 0.2) is 0 Å². The number of imidazole rings is 1. The molecule has 1 saturated carbocycles. The largest absolute Gasteiger partial charge is 0.394 e. The molecule has 4 N–H and O–H groups in total. The maximum Gasteiger partial charge on any atom is 0.137 e. The van der Waals surface area contributed by atoms with Gasteiger partial charge in [-0.1, -0.05) is 60.7 Å². The van der Waals surface area contributed by atoms with Gasteiger partial charge in [0.2, 0.25) is 0 Å². The van der Waals surface area contributed by atoms with Crippen molar-refractivity contribution >= 4 is 6.08 Å². The van der Waals surface area contributed by atoms with E-state index in [0.717, 1.165) is 23.1 Å². The van der Waals surface area contributed by atoms with Gasteiger partial charge in [0.1, 0.15) is 18.0 Å². The molecular weight excluding hydrogens is 432 g/mol. The predicted molar refractivity (Wildman–Crippen MR) is 130 cm³/mol. The van der Waals surface area contributed by atoms with Crippen molar-refractivity contribution in [3.63, 3.8) is 0 Å². The van der Waals surface area contributed by atoms with E-state index in [9.17, 15) is 20.4 Å². The first-order valence-corrected chi connectivity index (χ1v) is 11.6. The maximum absolute atomic E-state index is 9.87. The average molecular weight is 465 g/mol. The summed E-state index contributed by atoms with van der Waals surface area (Å²) in [5.41, 5.74) is 4.44. The number of ether oxygens (including phenoxy) is 1. The van der Waals surface area contributed by atoms with Crippen LogP contribution in [0.5, 0.6) is 0 Å². The molecule has 0 spiro atoms. The lowest BCUT2D eigenvalue weighted by Gasteiger charge is -2.16. The summed E-state index contributed by atoms with van der Waals surface area (Å²) in [4.78, 5) is 4.17. The third-order valence-electron chi connectivity index (χ3n) is 6.22.